The van der Waals surface area contributed by atoms with Crippen LogP contribution in [-0.2, 0) is 6.42 Å². The summed E-state index contributed by atoms with van der Waals surface area (Å²) in [7, 11) is 0. The first kappa shape index (κ1) is 23.3. The highest BCUT2D eigenvalue weighted by Gasteiger charge is 2.25. The van der Waals surface area contributed by atoms with Gasteiger partial charge in [0.2, 0.25) is 0 Å². The number of nitro benzene ring substituents is 1. The van der Waals surface area contributed by atoms with Gasteiger partial charge in [0.15, 0.2) is 0 Å². The van der Waals surface area contributed by atoms with Crippen molar-refractivity contribution in [2.24, 2.45) is 0 Å². The number of rotatable bonds is 7. The van der Waals surface area contributed by atoms with Crippen LogP contribution in [0.15, 0.2) is 66.7 Å². The Morgan fingerprint density at radius 3 is 2.56 bits per heavy atom. The first-order valence-electron chi connectivity index (χ1n) is 10.8. The highest BCUT2D eigenvalue weighted by atomic mass is 35.5. The molecule has 2 amide bonds. The lowest BCUT2D eigenvalue weighted by molar-refractivity contribution is -0.384. The van der Waals surface area contributed by atoms with E-state index in [1.54, 1.807) is 24.3 Å². The Morgan fingerprint density at radius 2 is 1.79 bits per heavy atom. The third kappa shape index (κ3) is 4.87. The van der Waals surface area contributed by atoms with E-state index < -0.39 is 10.8 Å². The third-order valence-electron chi connectivity index (χ3n) is 5.81. The van der Waals surface area contributed by atoms with E-state index in [9.17, 15) is 19.7 Å². The number of amides is 2. The van der Waals surface area contributed by atoms with Crippen molar-refractivity contribution in [2.45, 2.75) is 19.4 Å². The summed E-state index contributed by atoms with van der Waals surface area (Å²) >= 11 is 6.07. The van der Waals surface area contributed by atoms with Crippen molar-refractivity contribution in [3.05, 3.63) is 98.6 Å². The largest absolute Gasteiger partial charge is 0.367 e. The maximum Gasteiger partial charge on any atom is 0.270 e. The van der Waals surface area contributed by atoms with E-state index in [4.69, 9.17) is 11.6 Å². The number of hydrogen-bond acceptors (Lipinski definition) is 5. The molecule has 0 radical (unpaired) electrons. The molecule has 2 N–H and O–H groups in total. The molecular formula is C25H23ClN4O4. The summed E-state index contributed by atoms with van der Waals surface area (Å²) in [4.78, 5) is 38.2. The van der Waals surface area contributed by atoms with Crippen LogP contribution in [0.1, 0.15) is 33.2 Å². The fraction of sp³-hybridized carbons (Fsp3) is 0.200. The van der Waals surface area contributed by atoms with Crippen LogP contribution in [0.3, 0.4) is 0 Å². The molecule has 9 heteroatoms. The predicted octanol–water partition coefficient (Wildman–Crippen LogP) is 4.68. The smallest absolute Gasteiger partial charge is 0.270 e. The van der Waals surface area contributed by atoms with E-state index in [-0.39, 0.29) is 22.2 Å². The van der Waals surface area contributed by atoms with E-state index >= 15 is 0 Å². The summed E-state index contributed by atoms with van der Waals surface area (Å²) in [6.45, 7) is 3.26. The van der Waals surface area contributed by atoms with Gasteiger partial charge in [0, 0.05) is 37.0 Å². The minimum atomic E-state index is -0.589. The summed E-state index contributed by atoms with van der Waals surface area (Å²) in [6.07, 6.45) is 0.976. The first-order chi connectivity index (χ1) is 16.3. The molecule has 0 saturated heterocycles. The van der Waals surface area contributed by atoms with Crippen LogP contribution in [-0.4, -0.2) is 35.9 Å². The number of nitro groups is 1. The average molecular weight is 479 g/mol. The van der Waals surface area contributed by atoms with Gasteiger partial charge in [-0.3, -0.25) is 19.7 Å². The molecule has 3 aromatic carbocycles. The summed E-state index contributed by atoms with van der Waals surface area (Å²) in [5, 5.41) is 16.5. The van der Waals surface area contributed by atoms with Crippen molar-refractivity contribution in [3.8, 4) is 0 Å². The van der Waals surface area contributed by atoms with Crippen molar-refractivity contribution in [1.29, 1.82) is 0 Å². The Balaban J connectivity index is 1.42. The summed E-state index contributed by atoms with van der Waals surface area (Å²) in [6, 6.07) is 18.9. The molecule has 174 valence electrons. The van der Waals surface area contributed by atoms with Crippen LogP contribution in [0.2, 0.25) is 5.02 Å². The second kappa shape index (κ2) is 9.93. The zero-order valence-electron chi connectivity index (χ0n) is 18.5. The molecule has 1 aliphatic heterocycles. The molecule has 34 heavy (non-hydrogen) atoms. The zero-order chi connectivity index (χ0) is 24.2. The molecule has 1 atom stereocenters. The van der Waals surface area contributed by atoms with Gasteiger partial charge in [-0.2, -0.15) is 0 Å². The Bertz CT molecular complexity index is 1260. The van der Waals surface area contributed by atoms with Gasteiger partial charge in [-0.15, -0.1) is 0 Å². The fourth-order valence-corrected chi connectivity index (χ4v) is 4.40. The topological polar surface area (TPSA) is 105 Å². The molecule has 8 nitrogen and oxygen atoms in total. The van der Waals surface area contributed by atoms with Crippen molar-refractivity contribution >= 4 is 40.5 Å². The maximum atomic E-state index is 12.9. The minimum absolute atomic E-state index is 0.0475. The van der Waals surface area contributed by atoms with Crippen LogP contribution in [0.5, 0.6) is 0 Å². The molecule has 0 saturated carbocycles. The number of benzene rings is 3. The molecule has 0 aliphatic carbocycles. The van der Waals surface area contributed by atoms with E-state index in [2.05, 4.69) is 34.6 Å². The van der Waals surface area contributed by atoms with E-state index in [1.165, 1.54) is 23.4 Å². The van der Waals surface area contributed by atoms with Crippen LogP contribution in [0.4, 0.5) is 17.1 Å². The molecule has 0 aromatic heterocycles. The number of halogens is 1. The number of nitrogens with one attached hydrogen (secondary N) is 2. The molecule has 0 spiro atoms. The van der Waals surface area contributed by atoms with E-state index in [1.807, 2.05) is 12.1 Å². The first-order valence-corrected chi connectivity index (χ1v) is 11.2. The highest BCUT2D eigenvalue weighted by molar-refractivity contribution is 6.34. The van der Waals surface area contributed by atoms with Gasteiger partial charge in [-0.1, -0.05) is 41.9 Å². The number of hydrogen-bond donors (Lipinski definition) is 2. The zero-order valence-corrected chi connectivity index (χ0v) is 19.2. The van der Waals surface area contributed by atoms with Crippen molar-refractivity contribution in [2.75, 3.05) is 23.3 Å². The minimum Gasteiger partial charge on any atom is -0.367 e. The number of fused-ring (bicyclic) bond motifs is 1. The average Bonchev–Trinajstić information content (AvgIpc) is 3.14. The lowest BCUT2D eigenvalue weighted by atomic mass is 10.1. The van der Waals surface area contributed by atoms with Gasteiger partial charge < -0.3 is 15.5 Å². The number of nitrogens with zero attached hydrogens (tertiary/aromatic N) is 2. The summed E-state index contributed by atoms with van der Waals surface area (Å²) in [5.41, 5.74) is 2.99. The SMILES string of the molecule is CC1Cc2ccccc2N1CCNC(=O)c1ccccc1NC(=O)c1ccc([N+](=O)[O-])cc1Cl. The number of carbonyl (C=O) groups excluding carboxylic acids is 2. The van der Waals surface area contributed by atoms with Crippen molar-refractivity contribution in [1.82, 2.24) is 5.32 Å². The third-order valence-corrected chi connectivity index (χ3v) is 6.13. The molecule has 4 rings (SSSR count). The van der Waals surface area contributed by atoms with Crippen LogP contribution >= 0.6 is 11.6 Å². The Morgan fingerprint density at radius 1 is 1.06 bits per heavy atom. The Labute approximate surface area is 201 Å². The van der Waals surface area contributed by atoms with Crippen LogP contribution in [0, 0.1) is 10.1 Å². The quantitative estimate of drug-likeness (QED) is 0.379. The molecule has 3 aromatic rings. The van der Waals surface area contributed by atoms with Gasteiger partial charge in [0.1, 0.15) is 0 Å². The number of anilines is 2. The van der Waals surface area contributed by atoms with Gasteiger partial charge >= 0.3 is 0 Å². The van der Waals surface area contributed by atoms with E-state index in [0.717, 1.165) is 12.5 Å². The van der Waals surface area contributed by atoms with Crippen LogP contribution in [0.25, 0.3) is 0 Å². The molecule has 0 bridgehead atoms. The number of carbonyl (C=O) groups is 2. The second-order valence-corrected chi connectivity index (χ2v) is 8.46. The maximum absolute atomic E-state index is 12.9. The predicted molar refractivity (Wildman–Crippen MR) is 132 cm³/mol. The fourth-order valence-electron chi connectivity index (χ4n) is 4.14. The number of non-ortho nitro benzene ring substituents is 1. The standard InChI is InChI=1S/C25H23ClN4O4/c1-16-14-17-6-2-5-9-23(17)29(16)13-12-27-24(31)20-7-3-4-8-22(20)28-25(32)19-11-10-18(30(33)34)15-21(19)26/h2-11,15-16H,12-14H2,1H3,(H,27,31)(H,28,32). The molecule has 0 fully saturated rings. The Kier molecular flexibility index (Phi) is 6.79. The summed E-state index contributed by atoms with van der Waals surface area (Å²) < 4.78 is 0. The molecule has 1 unspecified atom stereocenters. The normalized spacial score (nSPS) is 14.4. The van der Waals surface area contributed by atoms with Gasteiger partial charge in [0.25, 0.3) is 17.5 Å². The molecule has 1 aliphatic rings. The monoisotopic (exact) mass is 478 g/mol. The molecule has 1 heterocycles. The lowest BCUT2D eigenvalue weighted by Gasteiger charge is -2.25. The van der Waals surface area contributed by atoms with Crippen molar-refractivity contribution in [3.63, 3.8) is 0 Å². The second-order valence-electron chi connectivity index (χ2n) is 8.05. The van der Waals surface area contributed by atoms with Gasteiger partial charge in [0.05, 0.1) is 26.8 Å². The highest BCUT2D eigenvalue weighted by Crippen LogP contribution is 2.31. The van der Waals surface area contributed by atoms with E-state index in [0.29, 0.717) is 30.4 Å². The lowest BCUT2D eigenvalue weighted by Crippen LogP contribution is -2.38. The van der Waals surface area contributed by atoms with Gasteiger partial charge in [-0.25, -0.2) is 0 Å². The summed E-state index contributed by atoms with van der Waals surface area (Å²) in [5.74, 6) is -0.881. The van der Waals surface area contributed by atoms with Crippen LogP contribution < -0.4 is 15.5 Å². The number of para-hydroxylation sites is 2. The van der Waals surface area contributed by atoms with Crippen molar-refractivity contribution < 1.29 is 14.5 Å². The van der Waals surface area contributed by atoms with Gasteiger partial charge in [-0.05, 0) is 43.2 Å². The molecular weight excluding hydrogens is 456 g/mol. The Hall–Kier alpha value is -3.91.